The van der Waals surface area contributed by atoms with Gasteiger partial charge in [0.25, 0.3) is 0 Å². The largest absolute Gasteiger partial charge is 0.396 e. The summed E-state index contributed by atoms with van der Waals surface area (Å²) < 4.78 is 13.3. The van der Waals surface area contributed by atoms with Crippen LogP contribution in [0.15, 0.2) is 42.5 Å². The van der Waals surface area contributed by atoms with E-state index in [1.54, 1.807) is 6.07 Å². The van der Waals surface area contributed by atoms with Crippen molar-refractivity contribution in [1.29, 1.82) is 0 Å². The number of Topliss-reactive ketones (excluding diaryl/α,β-unsaturated/α-hetero) is 1. The first-order chi connectivity index (χ1) is 8.58. The third kappa shape index (κ3) is 2.56. The normalized spacial score (nSPS) is 10.3. The van der Waals surface area contributed by atoms with Gasteiger partial charge in [-0.2, -0.15) is 0 Å². The maximum absolute atomic E-state index is 13.3. The second kappa shape index (κ2) is 5.00. The van der Waals surface area contributed by atoms with E-state index in [-0.39, 0.29) is 17.9 Å². The van der Waals surface area contributed by atoms with Crippen LogP contribution < -0.4 is 5.73 Å². The predicted molar refractivity (Wildman–Crippen MR) is 70.0 cm³/mol. The fourth-order valence-corrected chi connectivity index (χ4v) is 1.78. The van der Waals surface area contributed by atoms with Crippen LogP contribution in [0.4, 0.5) is 10.1 Å². The SMILES string of the molecule is Cc1ccccc1CC(=O)c1ccc(N)c(F)c1. The van der Waals surface area contributed by atoms with Gasteiger partial charge in [-0.1, -0.05) is 24.3 Å². The molecule has 0 aliphatic carbocycles. The van der Waals surface area contributed by atoms with Gasteiger partial charge >= 0.3 is 0 Å². The van der Waals surface area contributed by atoms with Crippen molar-refractivity contribution in [3.8, 4) is 0 Å². The molecule has 2 aromatic carbocycles. The van der Waals surface area contributed by atoms with Crippen LogP contribution in [0.2, 0.25) is 0 Å². The quantitative estimate of drug-likeness (QED) is 0.664. The van der Waals surface area contributed by atoms with E-state index in [2.05, 4.69) is 0 Å². The zero-order valence-corrected chi connectivity index (χ0v) is 10.1. The molecule has 2 aromatic rings. The summed E-state index contributed by atoms with van der Waals surface area (Å²) in [4.78, 5) is 12.0. The lowest BCUT2D eigenvalue weighted by Crippen LogP contribution is -2.06. The van der Waals surface area contributed by atoms with E-state index in [1.165, 1.54) is 12.1 Å². The van der Waals surface area contributed by atoms with Crippen molar-refractivity contribution in [2.75, 3.05) is 5.73 Å². The van der Waals surface area contributed by atoms with Crippen LogP contribution >= 0.6 is 0 Å². The summed E-state index contributed by atoms with van der Waals surface area (Å²) in [5.74, 6) is -0.658. The zero-order chi connectivity index (χ0) is 13.1. The minimum Gasteiger partial charge on any atom is -0.396 e. The highest BCUT2D eigenvalue weighted by atomic mass is 19.1. The Hall–Kier alpha value is -2.16. The lowest BCUT2D eigenvalue weighted by Gasteiger charge is -2.05. The number of hydrogen-bond donors (Lipinski definition) is 1. The van der Waals surface area contributed by atoms with Crippen LogP contribution in [0.3, 0.4) is 0 Å². The van der Waals surface area contributed by atoms with Crippen molar-refractivity contribution in [3.63, 3.8) is 0 Å². The van der Waals surface area contributed by atoms with Crippen LogP contribution in [-0.2, 0) is 6.42 Å². The second-order valence-corrected chi connectivity index (χ2v) is 4.26. The summed E-state index contributed by atoms with van der Waals surface area (Å²) in [6, 6.07) is 11.8. The van der Waals surface area contributed by atoms with Crippen molar-refractivity contribution in [2.24, 2.45) is 0 Å². The third-order valence-corrected chi connectivity index (χ3v) is 2.93. The van der Waals surface area contributed by atoms with Crippen LogP contribution in [0.25, 0.3) is 0 Å². The first-order valence-corrected chi connectivity index (χ1v) is 5.70. The number of nitrogens with two attached hydrogens (primary N) is 1. The third-order valence-electron chi connectivity index (χ3n) is 2.93. The Morgan fingerprint density at radius 2 is 1.94 bits per heavy atom. The van der Waals surface area contributed by atoms with E-state index >= 15 is 0 Å². The van der Waals surface area contributed by atoms with Gasteiger partial charge in [0.15, 0.2) is 5.78 Å². The molecule has 0 fully saturated rings. The number of aryl methyl sites for hydroxylation is 1. The van der Waals surface area contributed by atoms with Crippen LogP contribution in [-0.4, -0.2) is 5.78 Å². The topological polar surface area (TPSA) is 43.1 Å². The summed E-state index contributed by atoms with van der Waals surface area (Å²) >= 11 is 0. The van der Waals surface area contributed by atoms with E-state index in [1.807, 2.05) is 31.2 Å². The lowest BCUT2D eigenvalue weighted by molar-refractivity contribution is 0.0992. The van der Waals surface area contributed by atoms with Crippen LogP contribution in [0, 0.1) is 12.7 Å². The zero-order valence-electron chi connectivity index (χ0n) is 10.1. The highest BCUT2D eigenvalue weighted by molar-refractivity contribution is 5.97. The molecule has 0 unspecified atom stereocenters. The molecule has 0 spiro atoms. The molecule has 2 rings (SSSR count). The summed E-state index contributed by atoms with van der Waals surface area (Å²) in [7, 11) is 0. The fourth-order valence-electron chi connectivity index (χ4n) is 1.78. The monoisotopic (exact) mass is 243 g/mol. The summed E-state index contributed by atoms with van der Waals surface area (Å²) in [6.45, 7) is 1.95. The molecule has 2 N–H and O–H groups in total. The molecule has 0 radical (unpaired) electrons. The lowest BCUT2D eigenvalue weighted by atomic mass is 9.99. The summed E-state index contributed by atoms with van der Waals surface area (Å²) in [6.07, 6.45) is 0.274. The van der Waals surface area contributed by atoms with E-state index in [0.29, 0.717) is 5.56 Å². The van der Waals surface area contributed by atoms with Gasteiger partial charge in [-0.25, -0.2) is 4.39 Å². The van der Waals surface area contributed by atoms with Crippen LogP contribution in [0.5, 0.6) is 0 Å². The Morgan fingerprint density at radius 1 is 1.22 bits per heavy atom. The molecule has 0 aliphatic heterocycles. The first kappa shape index (κ1) is 12.3. The number of rotatable bonds is 3. The van der Waals surface area contributed by atoms with Gasteiger partial charge in [-0.15, -0.1) is 0 Å². The highest BCUT2D eigenvalue weighted by Crippen LogP contribution is 2.15. The molecule has 3 heteroatoms. The second-order valence-electron chi connectivity index (χ2n) is 4.26. The average Bonchev–Trinajstić information content (AvgIpc) is 2.35. The van der Waals surface area contributed by atoms with Crippen molar-refractivity contribution in [1.82, 2.24) is 0 Å². The molecular formula is C15H14FNO. The molecule has 2 nitrogen and oxygen atoms in total. The van der Waals surface area contributed by atoms with Gasteiger partial charge in [-0.05, 0) is 36.2 Å². The molecule has 0 aromatic heterocycles. The van der Waals surface area contributed by atoms with Crippen molar-refractivity contribution in [2.45, 2.75) is 13.3 Å². The van der Waals surface area contributed by atoms with E-state index in [4.69, 9.17) is 5.73 Å². The highest BCUT2D eigenvalue weighted by Gasteiger charge is 2.10. The van der Waals surface area contributed by atoms with Gasteiger partial charge in [0, 0.05) is 12.0 Å². The molecule has 0 bridgehead atoms. The number of anilines is 1. The van der Waals surface area contributed by atoms with Crippen molar-refractivity contribution >= 4 is 11.5 Å². The Labute approximate surface area is 105 Å². The summed E-state index contributed by atoms with van der Waals surface area (Å²) in [5, 5.41) is 0. The number of hydrogen-bond acceptors (Lipinski definition) is 2. The number of carbonyl (C=O) groups excluding carboxylic acids is 1. The number of benzene rings is 2. The molecule has 18 heavy (non-hydrogen) atoms. The molecule has 0 amide bonds. The minimum atomic E-state index is -0.550. The van der Waals surface area contributed by atoms with E-state index in [0.717, 1.165) is 11.1 Å². The number of ketones is 1. The molecule has 92 valence electrons. The number of halogens is 1. The van der Waals surface area contributed by atoms with Gasteiger partial charge in [0.2, 0.25) is 0 Å². The average molecular weight is 243 g/mol. The standard InChI is InChI=1S/C15H14FNO/c1-10-4-2-3-5-11(10)9-15(18)12-6-7-14(17)13(16)8-12/h2-8H,9,17H2,1H3. The fraction of sp³-hybridized carbons (Fsp3) is 0.133. The van der Waals surface area contributed by atoms with Crippen LogP contribution in [0.1, 0.15) is 21.5 Å². The van der Waals surface area contributed by atoms with Gasteiger partial charge in [0.05, 0.1) is 5.69 Å². The van der Waals surface area contributed by atoms with Gasteiger partial charge < -0.3 is 5.73 Å². The Kier molecular flexibility index (Phi) is 3.42. The minimum absolute atomic E-state index is 0.0578. The Morgan fingerprint density at radius 3 is 2.61 bits per heavy atom. The van der Waals surface area contributed by atoms with Gasteiger partial charge in [0.1, 0.15) is 5.82 Å². The molecule has 0 saturated carbocycles. The first-order valence-electron chi connectivity index (χ1n) is 5.70. The molecule has 0 aliphatic rings. The van der Waals surface area contributed by atoms with E-state index < -0.39 is 5.82 Å². The maximum atomic E-state index is 13.3. The molecular weight excluding hydrogens is 229 g/mol. The Bertz CT molecular complexity index is 593. The molecule has 0 atom stereocenters. The number of nitrogen functional groups attached to an aromatic ring is 1. The number of carbonyl (C=O) groups is 1. The summed E-state index contributed by atoms with van der Waals surface area (Å²) in [5.41, 5.74) is 7.80. The smallest absolute Gasteiger partial charge is 0.167 e. The maximum Gasteiger partial charge on any atom is 0.167 e. The van der Waals surface area contributed by atoms with Crippen molar-refractivity contribution in [3.05, 3.63) is 65.0 Å². The van der Waals surface area contributed by atoms with Crippen molar-refractivity contribution < 1.29 is 9.18 Å². The van der Waals surface area contributed by atoms with E-state index in [9.17, 15) is 9.18 Å². The van der Waals surface area contributed by atoms with Gasteiger partial charge in [-0.3, -0.25) is 4.79 Å². The molecule has 0 saturated heterocycles. The predicted octanol–water partition coefficient (Wildman–Crippen LogP) is 3.14. The molecule has 0 heterocycles. The Balaban J connectivity index is 2.22.